The topological polar surface area (TPSA) is 50.7 Å². The van der Waals surface area contributed by atoms with Crippen molar-refractivity contribution in [2.24, 2.45) is 0 Å². The molecule has 13 heavy (non-hydrogen) atoms. The summed E-state index contributed by atoms with van der Waals surface area (Å²) in [5, 5.41) is 12.6. The lowest BCUT2D eigenvalue weighted by Gasteiger charge is -2.24. The lowest BCUT2D eigenvalue weighted by Crippen LogP contribution is -2.37. The quantitative estimate of drug-likeness (QED) is 0.627. The summed E-state index contributed by atoms with van der Waals surface area (Å²) >= 11 is 0. The van der Waals surface area contributed by atoms with E-state index in [1.807, 2.05) is 0 Å². The molecule has 78 valence electrons. The maximum absolute atomic E-state index is 9.31. The van der Waals surface area contributed by atoms with Crippen LogP contribution in [-0.2, 0) is 9.47 Å². The second-order valence-corrected chi connectivity index (χ2v) is 3.41. The summed E-state index contributed by atoms with van der Waals surface area (Å²) in [4.78, 5) is 0. The molecule has 4 heteroatoms. The highest BCUT2D eigenvalue weighted by atomic mass is 16.5. The van der Waals surface area contributed by atoms with Crippen molar-refractivity contribution in [1.82, 2.24) is 5.32 Å². The molecule has 0 amide bonds. The van der Waals surface area contributed by atoms with Crippen molar-refractivity contribution in [3.63, 3.8) is 0 Å². The molecule has 0 aliphatic carbocycles. The minimum Gasteiger partial charge on any atom is -0.388 e. The summed E-state index contributed by atoms with van der Waals surface area (Å²) in [5.74, 6) is 0. The average molecular weight is 189 g/mol. The van der Waals surface area contributed by atoms with Gasteiger partial charge in [-0.3, -0.25) is 0 Å². The highest BCUT2D eigenvalue weighted by Gasteiger charge is 2.14. The van der Waals surface area contributed by atoms with Crippen LogP contribution in [0.15, 0.2) is 0 Å². The van der Waals surface area contributed by atoms with Gasteiger partial charge in [0.05, 0.1) is 19.3 Å². The Morgan fingerprint density at radius 1 is 1.54 bits per heavy atom. The Hall–Kier alpha value is -0.160. The number of nitrogens with one attached hydrogen (secondary N) is 1. The van der Waals surface area contributed by atoms with E-state index in [0.29, 0.717) is 13.2 Å². The Kier molecular flexibility index (Phi) is 5.31. The summed E-state index contributed by atoms with van der Waals surface area (Å²) in [6.07, 6.45) is 2.02. The zero-order valence-electron chi connectivity index (χ0n) is 8.16. The van der Waals surface area contributed by atoms with Crippen LogP contribution in [0.5, 0.6) is 0 Å². The van der Waals surface area contributed by atoms with Gasteiger partial charge in [0, 0.05) is 13.7 Å². The Labute approximate surface area is 79.2 Å². The van der Waals surface area contributed by atoms with Crippen LogP contribution < -0.4 is 5.32 Å². The first-order valence-corrected chi connectivity index (χ1v) is 4.82. The van der Waals surface area contributed by atoms with E-state index >= 15 is 0 Å². The first-order valence-electron chi connectivity index (χ1n) is 4.82. The molecule has 0 aromatic rings. The second kappa shape index (κ2) is 6.32. The fraction of sp³-hybridized carbons (Fsp3) is 1.00. The predicted molar refractivity (Wildman–Crippen MR) is 49.7 cm³/mol. The van der Waals surface area contributed by atoms with Gasteiger partial charge in [-0.25, -0.2) is 0 Å². The number of rotatable bonds is 5. The molecule has 1 aliphatic rings. The fourth-order valence-corrected chi connectivity index (χ4v) is 1.45. The molecule has 1 rings (SSSR count). The number of aliphatic hydroxyl groups excluding tert-OH is 1. The van der Waals surface area contributed by atoms with E-state index < -0.39 is 6.10 Å². The molecule has 2 atom stereocenters. The minimum absolute atomic E-state index is 0.264. The summed E-state index contributed by atoms with van der Waals surface area (Å²) in [5.41, 5.74) is 0. The van der Waals surface area contributed by atoms with E-state index in [-0.39, 0.29) is 6.10 Å². The van der Waals surface area contributed by atoms with E-state index in [2.05, 4.69) is 5.32 Å². The van der Waals surface area contributed by atoms with Crippen LogP contribution in [-0.4, -0.2) is 50.7 Å². The zero-order valence-corrected chi connectivity index (χ0v) is 8.16. The van der Waals surface area contributed by atoms with E-state index in [1.165, 1.54) is 0 Å². The molecule has 2 unspecified atom stereocenters. The van der Waals surface area contributed by atoms with Crippen LogP contribution in [0.25, 0.3) is 0 Å². The lowest BCUT2D eigenvalue weighted by molar-refractivity contribution is -0.0418. The number of methoxy groups -OCH3 is 1. The van der Waals surface area contributed by atoms with E-state index in [0.717, 1.165) is 25.9 Å². The summed E-state index contributed by atoms with van der Waals surface area (Å²) < 4.78 is 10.3. The van der Waals surface area contributed by atoms with E-state index in [1.54, 1.807) is 7.11 Å². The van der Waals surface area contributed by atoms with Gasteiger partial charge in [0.15, 0.2) is 0 Å². The normalized spacial score (nSPS) is 25.8. The van der Waals surface area contributed by atoms with Crippen LogP contribution in [0.4, 0.5) is 0 Å². The number of hydrogen-bond acceptors (Lipinski definition) is 4. The molecule has 0 aromatic heterocycles. The van der Waals surface area contributed by atoms with Gasteiger partial charge >= 0.3 is 0 Å². The van der Waals surface area contributed by atoms with Gasteiger partial charge in [-0.05, 0) is 19.4 Å². The Morgan fingerprint density at radius 2 is 2.38 bits per heavy atom. The molecule has 0 bridgehead atoms. The van der Waals surface area contributed by atoms with Crippen molar-refractivity contribution in [3.05, 3.63) is 0 Å². The van der Waals surface area contributed by atoms with Crippen molar-refractivity contribution in [3.8, 4) is 0 Å². The Bertz CT molecular complexity index is 126. The summed E-state index contributed by atoms with van der Waals surface area (Å²) in [6, 6.07) is 0. The van der Waals surface area contributed by atoms with Gasteiger partial charge in [0.2, 0.25) is 0 Å². The third-order valence-corrected chi connectivity index (χ3v) is 2.14. The van der Waals surface area contributed by atoms with Gasteiger partial charge < -0.3 is 19.9 Å². The highest BCUT2D eigenvalue weighted by Crippen LogP contribution is 2.06. The van der Waals surface area contributed by atoms with Gasteiger partial charge in [0.1, 0.15) is 6.10 Å². The van der Waals surface area contributed by atoms with E-state index in [9.17, 15) is 5.11 Å². The third-order valence-electron chi connectivity index (χ3n) is 2.14. The second-order valence-electron chi connectivity index (χ2n) is 3.41. The van der Waals surface area contributed by atoms with Gasteiger partial charge in [-0.2, -0.15) is 0 Å². The van der Waals surface area contributed by atoms with Crippen LogP contribution in [0.3, 0.4) is 0 Å². The van der Waals surface area contributed by atoms with Crippen LogP contribution in [0.1, 0.15) is 12.8 Å². The molecule has 1 heterocycles. The summed E-state index contributed by atoms with van der Waals surface area (Å²) in [6.45, 7) is 2.71. The molecule has 1 fully saturated rings. The molecular weight excluding hydrogens is 170 g/mol. The fourth-order valence-electron chi connectivity index (χ4n) is 1.45. The van der Waals surface area contributed by atoms with Gasteiger partial charge in [0.25, 0.3) is 0 Å². The monoisotopic (exact) mass is 189 g/mol. The van der Waals surface area contributed by atoms with Gasteiger partial charge in [-0.1, -0.05) is 0 Å². The van der Waals surface area contributed by atoms with Crippen molar-refractivity contribution in [2.75, 3.05) is 33.4 Å². The molecule has 4 nitrogen and oxygen atoms in total. The number of aliphatic hydroxyl groups is 1. The van der Waals surface area contributed by atoms with Crippen LogP contribution >= 0.6 is 0 Å². The standard InChI is InChI=1S/C9H19NO3/c1-12-6-8(11)7-13-9-3-2-4-10-5-9/h8-11H,2-7H2,1H3. The number of hydrogen-bond donors (Lipinski definition) is 2. The maximum Gasteiger partial charge on any atom is 0.101 e. The smallest absolute Gasteiger partial charge is 0.101 e. The molecule has 0 radical (unpaired) electrons. The highest BCUT2D eigenvalue weighted by molar-refractivity contribution is 4.69. The first kappa shape index (κ1) is 10.9. The van der Waals surface area contributed by atoms with Crippen molar-refractivity contribution < 1.29 is 14.6 Å². The first-order chi connectivity index (χ1) is 6.33. The largest absolute Gasteiger partial charge is 0.388 e. The molecule has 0 spiro atoms. The van der Waals surface area contributed by atoms with Crippen LogP contribution in [0, 0.1) is 0 Å². The van der Waals surface area contributed by atoms with Crippen molar-refractivity contribution in [1.29, 1.82) is 0 Å². The predicted octanol–water partition coefficient (Wildman–Crippen LogP) is -0.238. The maximum atomic E-state index is 9.31. The molecular formula is C9H19NO3. The zero-order chi connectivity index (χ0) is 9.52. The summed E-state index contributed by atoms with van der Waals surface area (Å²) in [7, 11) is 1.57. The van der Waals surface area contributed by atoms with Gasteiger partial charge in [-0.15, -0.1) is 0 Å². The molecule has 1 saturated heterocycles. The average Bonchev–Trinajstić information content (AvgIpc) is 2.17. The Balaban J connectivity index is 2.03. The number of piperidine rings is 1. The Morgan fingerprint density at radius 3 is 3.00 bits per heavy atom. The van der Waals surface area contributed by atoms with Crippen molar-refractivity contribution in [2.45, 2.75) is 25.0 Å². The molecule has 0 saturated carbocycles. The molecule has 2 N–H and O–H groups in total. The molecule has 0 aromatic carbocycles. The van der Waals surface area contributed by atoms with Crippen molar-refractivity contribution >= 4 is 0 Å². The van der Waals surface area contributed by atoms with E-state index in [4.69, 9.17) is 9.47 Å². The number of ether oxygens (including phenoxy) is 2. The third kappa shape index (κ3) is 4.57. The SMILES string of the molecule is COCC(O)COC1CCCNC1. The lowest BCUT2D eigenvalue weighted by atomic mass is 10.1. The molecule has 1 aliphatic heterocycles. The minimum atomic E-state index is -0.494. The van der Waals surface area contributed by atoms with Crippen LogP contribution in [0.2, 0.25) is 0 Å².